The van der Waals surface area contributed by atoms with Gasteiger partial charge in [-0.25, -0.2) is 0 Å². The molecule has 5 heteroatoms. The van der Waals surface area contributed by atoms with Crippen LogP contribution in [0.2, 0.25) is 0 Å². The van der Waals surface area contributed by atoms with Gasteiger partial charge < -0.3 is 14.9 Å². The highest BCUT2D eigenvalue weighted by Gasteiger charge is 2.12. The minimum absolute atomic E-state index is 0.625. The Labute approximate surface area is 104 Å². The minimum Gasteiger partial charge on any atom is -0.493 e. The molecule has 92 valence electrons. The maximum absolute atomic E-state index is 5.98. The second kappa shape index (κ2) is 3.80. The lowest BCUT2D eigenvalue weighted by Crippen LogP contribution is -1.98. The fraction of sp³-hybridized carbons (Fsp3) is 0.154. The molecule has 0 unspecified atom stereocenters. The van der Waals surface area contributed by atoms with Crippen molar-refractivity contribution in [1.29, 1.82) is 0 Å². The highest BCUT2D eigenvalue weighted by Crippen LogP contribution is 2.34. The predicted octanol–water partition coefficient (Wildman–Crippen LogP) is 2.42. The second-order valence-electron chi connectivity index (χ2n) is 4.08. The summed E-state index contributed by atoms with van der Waals surface area (Å²) in [5.41, 5.74) is 8.57. The molecule has 3 aromatic rings. The van der Waals surface area contributed by atoms with Gasteiger partial charge in [0.2, 0.25) is 0 Å². The van der Waals surface area contributed by atoms with Gasteiger partial charge in [-0.05, 0) is 23.8 Å². The topological polar surface area (TPSA) is 66.2 Å². The lowest BCUT2D eigenvalue weighted by atomic mass is 10.1. The Morgan fingerprint density at radius 2 is 2.22 bits per heavy atom. The van der Waals surface area contributed by atoms with Crippen LogP contribution in [0.5, 0.6) is 5.75 Å². The van der Waals surface area contributed by atoms with Crippen molar-refractivity contribution in [1.82, 2.24) is 9.78 Å². The third-order valence-electron chi connectivity index (χ3n) is 3.03. The molecular formula is C13H13N3O2. The molecule has 0 saturated heterocycles. The number of ether oxygens (including phenoxy) is 1. The van der Waals surface area contributed by atoms with Crippen molar-refractivity contribution in [3.63, 3.8) is 0 Å². The molecule has 0 bridgehead atoms. The van der Waals surface area contributed by atoms with E-state index in [1.807, 2.05) is 25.2 Å². The molecular weight excluding hydrogens is 230 g/mol. The molecule has 0 aliphatic rings. The van der Waals surface area contributed by atoms with Crippen LogP contribution in [-0.2, 0) is 7.05 Å². The van der Waals surface area contributed by atoms with E-state index in [2.05, 4.69) is 5.10 Å². The number of fused-ring (bicyclic) bond motifs is 1. The predicted molar refractivity (Wildman–Crippen MR) is 69.4 cm³/mol. The fourth-order valence-corrected chi connectivity index (χ4v) is 2.03. The summed E-state index contributed by atoms with van der Waals surface area (Å²) in [6.07, 6.45) is 3.39. The second-order valence-corrected chi connectivity index (χ2v) is 4.08. The molecule has 0 aliphatic heterocycles. The molecule has 2 N–H and O–H groups in total. The van der Waals surface area contributed by atoms with Crippen molar-refractivity contribution < 1.29 is 9.15 Å². The smallest absolute Gasteiger partial charge is 0.175 e. The maximum atomic E-state index is 5.98. The van der Waals surface area contributed by atoms with E-state index in [9.17, 15) is 0 Å². The normalized spacial score (nSPS) is 11.0. The molecule has 0 radical (unpaired) electrons. The average molecular weight is 243 g/mol. The number of nitrogens with zero attached hydrogens (tertiary/aromatic N) is 2. The van der Waals surface area contributed by atoms with Crippen LogP contribution in [0.15, 0.2) is 35.1 Å². The highest BCUT2D eigenvalue weighted by molar-refractivity contribution is 5.90. The monoisotopic (exact) mass is 243 g/mol. The van der Waals surface area contributed by atoms with Gasteiger partial charge in [0.25, 0.3) is 0 Å². The quantitative estimate of drug-likeness (QED) is 0.750. The standard InChI is InChI=1S/C13H13N3O2/c1-16-13(14)10(7-15-16)9-5-8-3-4-18-12(8)11(6-9)17-2/h3-7H,14H2,1-2H3. The first-order valence-electron chi connectivity index (χ1n) is 5.54. The molecule has 0 saturated carbocycles. The van der Waals surface area contributed by atoms with Gasteiger partial charge in [-0.3, -0.25) is 4.68 Å². The summed E-state index contributed by atoms with van der Waals surface area (Å²) in [4.78, 5) is 0. The van der Waals surface area contributed by atoms with E-state index in [-0.39, 0.29) is 0 Å². The molecule has 0 spiro atoms. The first-order valence-corrected chi connectivity index (χ1v) is 5.54. The van der Waals surface area contributed by atoms with Gasteiger partial charge in [0.15, 0.2) is 11.3 Å². The number of nitrogens with two attached hydrogens (primary N) is 1. The van der Waals surface area contributed by atoms with Gasteiger partial charge in [-0.2, -0.15) is 5.10 Å². The Morgan fingerprint density at radius 3 is 2.89 bits per heavy atom. The van der Waals surface area contributed by atoms with Gasteiger partial charge in [-0.15, -0.1) is 0 Å². The van der Waals surface area contributed by atoms with E-state index < -0.39 is 0 Å². The van der Waals surface area contributed by atoms with Crippen molar-refractivity contribution in [3.05, 3.63) is 30.7 Å². The van der Waals surface area contributed by atoms with E-state index in [4.69, 9.17) is 14.9 Å². The first-order chi connectivity index (χ1) is 8.70. The molecule has 2 heterocycles. The van der Waals surface area contributed by atoms with Crippen LogP contribution >= 0.6 is 0 Å². The number of hydrogen-bond acceptors (Lipinski definition) is 4. The average Bonchev–Trinajstić information content (AvgIpc) is 2.96. The van der Waals surface area contributed by atoms with Crippen molar-refractivity contribution in [2.45, 2.75) is 0 Å². The van der Waals surface area contributed by atoms with Crippen LogP contribution in [0.3, 0.4) is 0 Å². The Bertz CT molecular complexity index is 712. The Kier molecular flexibility index (Phi) is 2.26. The summed E-state index contributed by atoms with van der Waals surface area (Å²) in [7, 11) is 3.43. The van der Waals surface area contributed by atoms with Crippen LogP contribution in [-0.4, -0.2) is 16.9 Å². The zero-order chi connectivity index (χ0) is 12.7. The summed E-state index contributed by atoms with van der Waals surface area (Å²) in [5, 5.41) is 5.12. The summed E-state index contributed by atoms with van der Waals surface area (Å²) in [6, 6.07) is 5.81. The van der Waals surface area contributed by atoms with Gasteiger partial charge in [0.1, 0.15) is 5.82 Å². The van der Waals surface area contributed by atoms with Crippen LogP contribution in [0.1, 0.15) is 0 Å². The summed E-state index contributed by atoms with van der Waals surface area (Å²) < 4.78 is 12.4. The molecule has 0 aliphatic carbocycles. The number of rotatable bonds is 2. The number of anilines is 1. The third kappa shape index (κ3) is 1.44. The molecule has 18 heavy (non-hydrogen) atoms. The van der Waals surface area contributed by atoms with Crippen molar-refractivity contribution in [3.8, 4) is 16.9 Å². The molecule has 0 fully saturated rings. The molecule has 1 aromatic carbocycles. The van der Waals surface area contributed by atoms with E-state index in [1.165, 1.54) is 0 Å². The maximum Gasteiger partial charge on any atom is 0.175 e. The first kappa shape index (κ1) is 10.7. The summed E-state index contributed by atoms with van der Waals surface area (Å²) in [6.45, 7) is 0. The Hall–Kier alpha value is -2.43. The molecule has 0 amide bonds. The van der Waals surface area contributed by atoms with E-state index in [1.54, 1.807) is 24.3 Å². The number of methoxy groups -OCH3 is 1. The van der Waals surface area contributed by atoms with Crippen molar-refractivity contribution in [2.75, 3.05) is 12.8 Å². The summed E-state index contributed by atoms with van der Waals surface area (Å²) >= 11 is 0. The zero-order valence-corrected chi connectivity index (χ0v) is 10.2. The van der Waals surface area contributed by atoms with Gasteiger partial charge >= 0.3 is 0 Å². The van der Waals surface area contributed by atoms with Gasteiger partial charge in [-0.1, -0.05) is 0 Å². The molecule has 5 nitrogen and oxygen atoms in total. The van der Waals surface area contributed by atoms with Crippen LogP contribution in [0, 0.1) is 0 Å². The SMILES string of the molecule is COc1cc(-c2cnn(C)c2N)cc2ccoc12. The lowest BCUT2D eigenvalue weighted by molar-refractivity contribution is 0.410. The molecule has 2 aromatic heterocycles. The lowest BCUT2D eigenvalue weighted by Gasteiger charge is -2.05. The molecule has 3 rings (SSSR count). The number of furan rings is 1. The van der Waals surface area contributed by atoms with Crippen molar-refractivity contribution >= 4 is 16.8 Å². The van der Waals surface area contributed by atoms with Crippen LogP contribution in [0.4, 0.5) is 5.82 Å². The minimum atomic E-state index is 0.625. The fourth-order valence-electron chi connectivity index (χ4n) is 2.03. The number of benzene rings is 1. The summed E-state index contributed by atoms with van der Waals surface area (Å²) in [5.74, 6) is 1.32. The van der Waals surface area contributed by atoms with Gasteiger partial charge in [0, 0.05) is 18.0 Å². The number of nitrogen functional groups attached to an aromatic ring is 1. The van der Waals surface area contributed by atoms with Crippen LogP contribution < -0.4 is 10.5 Å². The number of hydrogen-bond donors (Lipinski definition) is 1. The van der Waals surface area contributed by atoms with E-state index >= 15 is 0 Å². The molecule has 0 atom stereocenters. The largest absolute Gasteiger partial charge is 0.493 e. The third-order valence-corrected chi connectivity index (χ3v) is 3.03. The van der Waals surface area contributed by atoms with Crippen LogP contribution in [0.25, 0.3) is 22.1 Å². The Morgan fingerprint density at radius 1 is 1.39 bits per heavy atom. The zero-order valence-electron chi connectivity index (χ0n) is 10.2. The van der Waals surface area contributed by atoms with E-state index in [0.29, 0.717) is 11.6 Å². The number of aryl methyl sites for hydroxylation is 1. The Balaban J connectivity index is 2.26. The van der Waals surface area contributed by atoms with Crippen molar-refractivity contribution in [2.24, 2.45) is 7.05 Å². The highest BCUT2D eigenvalue weighted by atomic mass is 16.5. The van der Waals surface area contributed by atoms with Gasteiger partial charge in [0.05, 0.1) is 19.6 Å². The van der Waals surface area contributed by atoms with E-state index in [0.717, 1.165) is 22.1 Å². The number of aromatic nitrogens is 2.